The topological polar surface area (TPSA) is 58.6 Å². The van der Waals surface area contributed by atoms with Crippen molar-refractivity contribution in [1.29, 1.82) is 0 Å². The zero-order valence-electron chi connectivity index (χ0n) is 15.5. The second-order valence-electron chi connectivity index (χ2n) is 6.65. The SMILES string of the molecule is CC(CO)(NC(=O)c1ccc(F)cc1F)c1ccc(Oc2ccc(Cl)cc2)cc1. The smallest absolute Gasteiger partial charge is 0.255 e. The molecule has 0 aliphatic carbocycles. The van der Waals surface area contributed by atoms with Crippen LogP contribution in [0.4, 0.5) is 8.78 Å². The molecule has 1 amide bonds. The third kappa shape index (κ3) is 4.91. The van der Waals surface area contributed by atoms with E-state index in [2.05, 4.69) is 5.32 Å². The molecule has 29 heavy (non-hydrogen) atoms. The van der Waals surface area contributed by atoms with Gasteiger partial charge in [-0.3, -0.25) is 4.79 Å². The Bertz CT molecular complexity index is 1010. The van der Waals surface area contributed by atoms with Crippen molar-refractivity contribution in [2.75, 3.05) is 6.61 Å². The highest BCUT2D eigenvalue weighted by atomic mass is 35.5. The number of aliphatic hydroxyl groups is 1. The van der Waals surface area contributed by atoms with Gasteiger partial charge >= 0.3 is 0 Å². The molecule has 0 spiro atoms. The first-order chi connectivity index (χ1) is 13.8. The number of halogens is 3. The number of nitrogens with one attached hydrogen (secondary N) is 1. The van der Waals surface area contributed by atoms with Crippen molar-refractivity contribution in [3.8, 4) is 11.5 Å². The van der Waals surface area contributed by atoms with E-state index in [0.717, 1.165) is 12.1 Å². The number of rotatable bonds is 6. The van der Waals surface area contributed by atoms with Crippen LogP contribution in [-0.4, -0.2) is 17.6 Å². The van der Waals surface area contributed by atoms with Gasteiger partial charge in [0, 0.05) is 11.1 Å². The molecule has 3 aromatic carbocycles. The summed E-state index contributed by atoms with van der Waals surface area (Å²) in [4.78, 5) is 12.4. The van der Waals surface area contributed by atoms with Crippen molar-refractivity contribution >= 4 is 17.5 Å². The van der Waals surface area contributed by atoms with Crippen LogP contribution in [0.1, 0.15) is 22.8 Å². The lowest BCUT2D eigenvalue weighted by Crippen LogP contribution is -2.46. The van der Waals surface area contributed by atoms with Gasteiger partial charge in [-0.15, -0.1) is 0 Å². The van der Waals surface area contributed by atoms with Crippen LogP contribution in [0.2, 0.25) is 5.02 Å². The Morgan fingerprint density at radius 2 is 1.62 bits per heavy atom. The number of hydrogen-bond donors (Lipinski definition) is 2. The molecular formula is C22H18ClF2NO3. The monoisotopic (exact) mass is 417 g/mol. The Morgan fingerprint density at radius 3 is 2.17 bits per heavy atom. The van der Waals surface area contributed by atoms with Crippen molar-refractivity contribution in [2.24, 2.45) is 0 Å². The number of ether oxygens (including phenoxy) is 1. The highest BCUT2D eigenvalue weighted by Gasteiger charge is 2.29. The van der Waals surface area contributed by atoms with Gasteiger partial charge in [-0.1, -0.05) is 23.7 Å². The first-order valence-corrected chi connectivity index (χ1v) is 9.11. The van der Waals surface area contributed by atoms with Gasteiger partial charge in [0.15, 0.2) is 0 Å². The van der Waals surface area contributed by atoms with Crippen molar-refractivity contribution < 1.29 is 23.4 Å². The summed E-state index contributed by atoms with van der Waals surface area (Å²) >= 11 is 5.85. The fourth-order valence-corrected chi connectivity index (χ4v) is 2.85. The third-order valence-corrected chi connectivity index (χ3v) is 4.67. The summed E-state index contributed by atoms with van der Waals surface area (Å²) in [5.74, 6) is -1.37. The Hall–Kier alpha value is -2.96. The highest BCUT2D eigenvalue weighted by Crippen LogP contribution is 2.27. The second-order valence-corrected chi connectivity index (χ2v) is 7.09. The molecule has 7 heteroatoms. The molecular weight excluding hydrogens is 400 g/mol. The summed E-state index contributed by atoms with van der Waals surface area (Å²) in [5.41, 5.74) is -0.912. The minimum atomic E-state index is -1.18. The Morgan fingerprint density at radius 1 is 1.03 bits per heavy atom. The molecule has 3 rings (SSSR count). The van der Waals surface area contributed by atoms with Gasteiger partial charge in [0.1, 0.15) is 23.1 Å². The van der Waals surface area contributed by atoms with E-state index in [1.54, 1.807) is 55.5 Å². The Labute approximate surface area is 171 Å². The lowest BCUT2D eigenvalue weighted by Gasteiger charge is -2.29. The molecule has 2 N–H and O–H groups in total. The van der Waals surface area contributed by atoms with Gasteiger partial charge < -0.3 is 15.2 Å². The highest BCUT2D eigenvalue weighted by molar-refractivity contribution is 6.30. The Balaban J connectivity index is 1.77. The molecule has 4 nitrogen and oxygen atoms in total. The van der Waals surface area contributed by atoms with Crippen LogP contribution in [0.15, 0.2) is 66.7 Å². The van der Waals surface area contributed by atoms with E-state index in [9.17, 15) is 18.7 Å². The molecule has 0 saturated carbocycles. The lowest BCUT2D eigenvalue weighted by atomic mass is 9.92. The van der Waals surface area contributed by atoms with Crippen LogP contribution >= 0.6 is 11.6 Å². The lowest BCUT2D eigenvalue weighted by molar-refractivity contribution is 0.0845. The summed E-state index contributed by atoms with van der Waals surface area (Å²) in [7, 11) is 0. The van der Waals surface area contributed by atoms with Crippen LogP contribution in [0, 0.1) is 11.6 Å². The molecule has 1 atom stereocenters. The van der Waals surface area contributed by atoms with Crippen molar-refractivity contribution in [3.05, 3.63) is 94.5 Å². The van der Waals surface area contributed by atoms with E-state index in [4.69, 9.17) is 16.3 Å². The molecule has 0 aromatic heterocycles. The van der Waals surface area contributed by atoms with Crippen molar-refractivity contribution in [2.45, 2.75) is 12.5 Å². The first-order valence-electron chi connectivity index (χ1n) is 8.73. The average molecular weight is 418 g/mol. The van der Waals surface area contributed by atoms with Crippen LogP contribution in [0.25, 0.3) is 0 Å². The number of hydrogen-bond acceptors (Lipinski definition) is 3. The van der Waals surface area contributed by atoms with E-state index in [1.807, 2.05) is 0 Å². The van der Waals surface area contributed by atoms with Gasteiger partial charge in [0.05, 0.1) is 17.7 Å². The normalized spacial score (nSPS) is 12.9. The molecule has 0 heterocycles. The van der Waals surface area contributed by atoms with E-state index in [1.165, 1.54) is 0 Å². The van der Waals surface area contributed by atoms with Crippen LogP contribution in [0.5, 0.6) is 11.5 Å². The zero-order valence-corrected chi connectivity index (χ0v) is 16.2. The summed E-state index contributed by atoms with van der Waals surface area (Å²) in [6.45, 7) is 1.17. The van der Waals surface area contributed by atoms with Gasteiger partial charge in [0.2, 0.25) is 0 Å². The first kappa shape index (κ1) is 20.8. The summed E-state index contributed by atoms with van der Waals surface area (Å²) in [6, 6.07) is 16.3. The maximum atomic E-state index is 13.9. The molecule has 0 aliphatic rings. The quantitative estimate of drug-likeness (QED) is 0.590. The average Bonchev–Trinajstić information content (AvgIpc) is 2.70. The number of amides is 1. The van der Waals surface area contributed by atoms with Gasteiger partial charge in [-0.25, -0.2) is 8.78 Å². The standard InChI is InChI=1S/C22H18ClF2NO3/c1-22(13-27,26-21(28)19-11-6-16(24)12-20(19)25)14-2-7-17(8-3-14)29-18-9-4-15(23)5-10-18/h2-12,27H,13H2,1H3,(H,26,28). The minimum Gasteiger partial charge on any atom is -0.457 e. The van der Waals surface area contributed by atoms with Crippen LogP contribution < -0.4 is 10.1 Å². The molecule has 0 fully saturated rings. The van der Waals surface area contributed by atoms with E-state index >= 15 is 0 Å². The number of carbonyl (C=O) groups excluding carboxylic acids is 1. The minimum absolute atomic E-state index is 0.311. The van der Waals surface area contributed by atoms with E-state index in [-0.39, 0.29) is 5.56 Å². The van der Waals surface area contributed by atoms with Crippen molar-refractivity contribution in [1.82, 2.24) is 5.32 Å². The fraction of sp³-hybridized carbons (Fsp3) is 0.136. The summed E-state index contributed by atoms with van der Waals surface area (Å²) in [5, 5.41) is 13.1. The maximum Gasteiger partial charge on any atom is 0.255 e. The molecule has 0 radical (unpaired) electrons. The fourth-order valence-electron chi connectivity index (χ4n) is 2.72. The second kappa shape index (κ2) is 8.59. The summed E-state index contributed by atoms with van der Waals surface area (Å²) < 4.78 is 32.7. The van der Waals surface area contributed by atoms with Crippen LogP contribution in [-0.2, 0) is 5.54 Å². The number of aliphatic hydroxyl groups excluding tert-OH is 1. The van der Waals surface area contributed by atoms with Gasteiger partial charge in [-0.05, 0) is 61.0 Å². The largest absolute Gasteiger partial charge is 0.457 e. The maximum absolute atomic E-state index is 13.9. The molecule has 0 aliphatic heterocycles. The predicted octanol–water partition coefficient (Wildman–Crippen LogP) is 5.05. The zero-order chi connectivity index (χ0) is 21.0. The molecule has 3 aromatic rings. The molecule has 0 bridgehead atoms. The third-order valence-electron chi connectivity index (χ3n) is 4.42. The van der Waals surface area contributed by atoms with Crippen molar-refractivity contribution in [3.63, 3.8) is 0 Å². The molecule has 1 unspecified atom stereocenters. The predicted molar refractivity (Wildman–Crippen MR) is 106 cm³/mol. The van der Waals surface area contributed by atoms with Gasteiger partial charge in [-0.2, -0.15) is 0 Å². The Kier molecular flexibility index (Phi) is 6.15. The number of carbonyl (C=O) groups is 1. The van der Waals surface area contributed by atoms with Crippen LogP contribution in [0.3, 0.4) is 0 Å². The number of benzene rings is 3. The van der Waals surface area contributed by atoms with Gasteiger partial charge in [0.25, 0.3) is 5.91 Å². The molecule has 0 saturated heterocycles. The summed E-state index contributed by atoms with van der Waals surface area (Å²) in [6.07, 6.45) is 0. The molecule has 150 valence electrons. The van der Waals surface area contributed by atoms with E-state index < -0.39 is 29.7 Å². The van der Waals surface area contributed by atoms with E-state index in [0.29, 0.717) is 28.2 Å².